The fourth-order valence-electron chi connectivity index (χ4n) is 3.20. The fraction of sp³-hybridized carbons (Fsp3) is 0.0435. The lowest BCUT2D eigenvalue weighted by atomic mass is 10.0. The van der Waals surface area contributed by atoms with Crippen molar-refractivity contribution in [2.75, 3.05) is 0 Å². The summed E-state index contributed by atoms with van der Waals surface area (Å²) in [5.41, 5.74) is 0.925. The van der Waals surface area contributed by atoms with E-state index in [1.165, 1.54) is 30.5 Å². The smallest absolute Gasteiger partial charge is 0.347 e. The van der Waals surface area contributed by atoms with E-state index < -0.39 is 11.4 Å². The number of esters is 1. The van der Waals surface area contributed by atoms with Gasteiger partial charge in [0, 0.05) is 12.1 Å². The molecule has 7 nitrogen and oxygen atoms in total. The zero-order valence-corrected chi connectivity index (χ0v) is 15.7. The number of carbonyl (C=O) groups is 1. The van der Waals surface area contributed by atoms with E-state index in [9.17, 15) is 24.9 Å². The summed E-state index contributed by atoms with van der Waals surface area (Å²) in [6.45, 7) is 1.69. The summed E-state index contributed by atoms with van der Waals surface area (Å²) in [7, 11) is 0. The second kappa shape index (κ2) is 7.29. The Bertz CT molecular complexity index is 1310. The van der Waals surface area contributed by atoms with Gasteiger partial charge in [0.1, 0.15) is 45.8 Å². The summed E-state index contributed by atoms with van der Waals surface area (Å²) in [5.74, 6) is -1.25. The van der Waals surface area contributed by atoms with Crippen molar-refractivity contribution < 1.29 is 29.3 Å². The Morgan fingerprint density at radius 1 is 0.967 bits per heavy atom. The van der Waals surface area contributed by atoms with Gasteiger partial charge in [-0.15, -0.1) is 0 Å². The number of rotatable bonds is 3. The van der Waals surface area contributed by atoms with E-state index in [-0.39, 0.29) is 45.1 Å². The van der Waals surface area contributed by atoms with E-state index in [1.54, 1.807) is 31.2 Å². The van der Waals surface area contributed by atoms with E-state index in [0.29, 0.717) is 11.1 Å². The zero-order chi connectivity index (χ0) is 21.4. The molecule has 0 aliphatic rings. The molecule has 30 heavy (non-hydrogen) atoms. The molecule has 0 saturated heterocycles. The van der Waals surface area contributed by atoms with E-state index in [2.05, 4.69) is 0 Å². The molecular weight excluding hydrogens is 388 g/mol. The summed E-state index contributed by atoms with van der Waals surface area (Å²) < 4.78 is 10.7. The van der Waals surface area contributed by atoms with Crippen LogP contribution in [0.15, 0.2) is 70.1 Å². The van der Waals surface area contributed by atoms with Crippen LogP contribution in [0.5, 0.6) is 23.0 Å². The maximum atomic E-state index is 12.8. The molecule has 3 N–H and O–H groups in total. The normalized spacial score (nSPS) is 10.8. The van der Waals surface area contributed by atoms with Gasteiger partial charge in [0.15, 0.2) is 0 Å². The standard InChI is InChI=1S/C23H16O7/c1-12-3-2-4-17(25)20(12)23(28)30-15-7-5-13(6-8-15)16-11-29-19-10-14(24)9-18(26)21(19)22(16)27/h2-11,24-26H,1H3. The first-order valence-electron chi connectivity index (χ1n) is 8.94. The number of aryl methyl sites for hydroxylation is 1. The number of phenols is 3. The number of hydrogen-bond donors (Lipinski definition) is 3. The first kappa shape index (κ1) is 19.1. The highest BCUT2D eigenvalue weighted by Crippen LogP contribution is 2.30. The first-order chi connectivity index (χ1) is 14.3. The minimum Gasteiger partial charge on any atom is -0.508 e. The van der Waals surface area contributed by atoms with Gasteiger partial charge in [-0.2, -0.15) is 0 Å². The average Bonchev–Trinajstić information content (AvgIpc) is 2.68. The number of phenolic OH excluding ortho intramolecular Hbond substituents is 3. The minimum atomic E-state index is -0.701. The number of benzene rings is 3. The Balaban J connectivity index is 1.65. The molecule has 4 rings (SSSR count). The van der Waals surface area contributed by atoms with Gasteiger partial charge in [0.25, 0.3) is 0 Å². The summed E-state index contributed by atoms with van der Waals surface area (Å²) >= 11 is 0. The molecular formula is C23H16O7. The Hall–Kier alpha value is -4.26. The molecule has 1 aromatic heterocycles. The van der Waals surface area contributed by atoms with Crippen LogP contribution < -0.4 is 10.2 Å². The van der Waals surface area contributed by atoms with Crippen LogP contribution in [-0.4, -0.2) is 21.3 Å². The van der Waals surface area contributed by atoms with Crippen LogP contribution in [0.25, 0.3) is 22.1 Å². The van der Waals surface area contributed by atoms with E-state index in [1.807, 2.05) is 0 Å². The van der Waals surface area contributed by atoms with Gasteiger partial charge < -0.3 is 24.5 Å². The molecule has 0 aliphatic heterocycles. The molecule has 7 heteroatoms. The Morgan fingerprint density at radius 3 is 2.40 bits per heavy atom. The minimum absolute atomic E-state index is 0.0455. The number of aromatic hydroxyl groups is 3. The van der Waals surface area contributed by atoms with Crippen molar-refractivity contribution in [1.29, 1.82) is 0 Å². The van der Waals surface area contributed by atoms with Crippen LogP contribution in [0, 0.1) is 6.92 Å². The lowest BCUT2D eigenvalue weighted by Gasteiger charge is -2.09. The van der Waals surface area contributed by atoms with Crippen molar-refractivity contribution in [3.63, 3.8) is 0 Å². The van der Waals surface area contributed by atoms with Crippen LogP contribution in [0.1, 0.15) is 15.9 Å². The molecule has 0 spiro atoms. The molecule has 1 heterocycles. The van der Waals surface area contributed by atoms with Crippen LogP contribution in [0.2, 0.25) is 0 Å². The van der Waals surface area contributed by atoms with E-state index in [0.717, 1.165) is 6.07 Å². The summed E-state index contributed by atoms with van der Waals surface area (Å²) in [6, 6.07) is 13.2. The second-order valence-corrected chi connectivity index (χ2v) is 6.70. The third-order valence-corrected chi connectivity index (χ3v) is 4.67. The maximum Gasteiger partial charge on any atom is 0.347 e. The molecule has 0 saturated carbocycles. The van der Waals surface area contributed by atoms with E-state index >= 15 is 0 Å². The molecule has 3 aromatic carbocycles. The topological polar surface area (TPSA) is 117 Å². The summed E-state index contributed by atoms with van der Waals surface area (Å²) in [6.07, 6.45) is 1.23. The predicted octanol–water partition coefficient (Wildman–Crippen LogP) is 4.10. The van der Waals surface area contributed by atoms with Gasteiger partial charge in [0.05, 0.1) is 5.56 Å². The molecule has 0 atom stereocenters. The molecule has 0 bridgehead atoms. The Morgan fingerprint density at radius 2 is 1.70 bits per heavy atom. The quantitative estimate of drug-likeness (QED) is 0.347. The molecule has 4 aromatic rings. The average molecular weight is 404 g/mol. The fourth-order valence-corrected chi connectivity index (χ4v) is 3.20. The molecule has 0 unspecified atom stereocenters. The van der Waals surface area contributed by atoms with Gasteiger partial charge in [0.2, 0.25) is 5.43 Å². The Kier molecular flexibility index (Phi) is 4.63. The van der Waals surface area contributed by atoms with Crippen molar-refractivity contribution in [3.8, 4) is 34.1 Å². The second-order valence-electron chi connectivity index (χ2n) is 6.70. The number of fused-ring (bicyclic) bond motifs is 1. The largest absolute Gasteiger partial charge is 0.508 e. The summed E-state index contributed by atoms with van der Waals surface area (Å²) in [4.78, 5) is 25.1. The Labute approximate surface area is 170 Å². The highest BCUT2D eigenvalue weighted by Gasteiger charge is 2.17. The molecule has 0 fully saturated rings. The monoisotopic (exact) mass is 404 g/mol. The number of carbonyl (C=O) groups excluding carboxylic acids is 1. The van der Waals surface area contributed by atoms with Gasteiger partial charge in [-0.1, -0.05) is 24.3 Å². The van der Waals surface area contributed by atoms with Gasteiger partial charge in [-0.25, -0.2) is 4.79 Å². The highest BCUT2D eigenvalue weighted by atomic mass is 16.5. The molecule has 0 radical (unpaired) electrons. The molecule has 0 aliphatic carbocycles. The van der Waals surface area contributed by atoms with E-state index in [4.69, 9.17) is 9.15 Å². The number of hydrogen-bond acceptors (Lipinski definition) is 7. The van der Waals surface area contributed by atoms with Crippen molar-refractivity contribution in [3.05, 3.63) is 82.2 Å². The SMILES string of the molecule is Cc1cccc(O)c1C(=O)Oc1ccc(-c2coc3cc(O)cc(O)c3c2=O)cc1. The van der Waals surface area contributed by atoms with Gasteiger partial charge in [-0.05, 0) is 36.2 Å². The van der Waals surface area contributed by atoms with Gasteiger partial charge >= 0.3 is 5.97 Å². The molecule has 150 valence electrons. The third-order valence-electron chi connectivity index (χ3n) is 4.67. The summed E-state index contributed by atoms with van der Waals surface area (Å²) in [5, 5.41) is 29.4. The van der Waals surface area contributed by atoms with Crippen molar-refractivity contribution in [2.45, 2.75) is 6.92 Å². The lowest BCUT2D eigenvalue weighted by Crippen LogP contribution is -2.10. The van der Waals surface area contributed by atoms with Crippen LogP contribution in [0.3, 0.4) is 0 Å². The van der Waals surface area contributed by atoms with Crippen molar-refractivity contribution >= 4 is 16.9 Å². The third kappa shape index (κ3) is 3.33. The van der Waals surface area contributed by atoms with Crippen LogP contribution in [-0.2, 0) is 0 Å². The predicted molar refractivity (Wildman–Crippen MR) is 109 cm³/mol. The highest BCUT2D eigenvalue weighted by molar-refractivity contribution is 5.95. The van der Waals surface area contributed by atoms with Gasteiger partial charge in [-0.3, -0.25) is 4.79 Å². The van der Waals surface area contributed by atoms with Crippen LogP contribution >= 0.6 is 0 Å². The number of ether oxygens (including phenoxy) is 1. The van der Waals surface area contributed by atoms with Crippen LogP contribution in [0.4, 0.5) is 0 Å². The molecule has 0 amide bonds. The maximum absolute atomic E-state index is 12.8. The lowest BCUT2D eigenvalue weighted by molar-refractivity contribution is 0.0731. The zero-order valence-electron chi connectivity index (χ0n) is 15.7. The van der Waals surface area contributed by atoms with Crippen molar-refractivity contribution in [2.24, 2.45) is 0 Å². The first-order valence-corrected chi connectivity index (χ1v) is 8.94. The van der Waals surface area contributed by atoms with Crippen molar-refractivity contribution in [1.82, 2.24) is 0 Å².